The molecule has 16 heteroatoms. The summed E-state index contributed by atoms with van der Waals surface area (Å²) in [6, 6.07) is 19.4. The topological polar surface area (TPSA) is 172 Å². The van der Waals surface area contributed by atoms with Gasteiger partial charge in [0.05, 0.1) is 34.2 Å². The van der Waals surface area contributed by atoms with Gasteiger partial charge < -0.3 is 16.0 Å². The second kappa shape index (κ2) is 15.9. The number of nitrogens with one attached hydrogen (secondary N) is 5. The Kier molecular flexibility index (Phi) is 10.5. The number of carbonyl (C=O) groups is 5. The largest absolute Gasteiger partial charge is 0.341 e. The zero-order chi connectivity index (χ0) is 43.5. The van der Waals surface area contributed by atoms with Gasteiger partial charge >= 0.3 is 5.69 Å². The highest BCUT2D eigenvalue weighted by atomic mass is 35.5. The molecule has 4 aromatic carbocycles. The lowest BCUT2D eigenvalue weighted by Gasteiger charge is -2.47. The average Bonchev–Trinajstić information content (AvgIpc) is 3.81. The number of anilines is 2. The van der Waals surface area contributed by atoms with Crippen molar-refractivity contribution in [3.63, 3.8) is 0 Å². The Morgan fingerprint density at radius 2 is 1.69 bits per heavy atom. The fourth-order valence-electron chi connectivity index (χ4n) is 10.3. The van der Waals surface area contributed by atoms with Gasteiger partial charge in [0.15, 0.2) is 0 Å². The number of nitrogens with zero attached hydrogens (tertiary/aromatic N) is 2. The van der Waals surface area contributed by atoms with Crippen LogP contribution in [0.1, 0.15) is 84.0 Å². The minimum atomic E-state index is -1.38. The van der Waals surface area contributed by atoms with Crippen LogP contribution in [0.3, 0.4) is 0 Å². The van der Waals surface area contributed by atoms with E-state index in [9.17, 15) is 28.8 Å². The molecule has 1 unspecified atom stereocenters. The molecule has 5 amide bonds. The Labute approximate surface area is 364 Å². The van der Waals surface area contributed by atoms with Gasteiger partial charge in [-0.2, -0.15) is 0 Å². The first kappa shape index (κ1) is 41.1. The van der Waals surface area contributed by atoms with Crippen LogP contribution in [0.2, 0.25) is 10.0 Å². The molecule has 1 aliphatic carbocycles. The van der Waals surface area contributed by atoms with Crippen molar-refractivity contribution in [1.82, 2.24) is 25.1 Å². The number of imide groups is 1. The molecule has 4 aliphatic rings. The summed E-state index contributed by atoms with van der Waals surface area (Å²) in [4.78, 5) is 79.9. The minimum absolute atomic E-state index is 0.0310. The molecule has 2 spiro atoms. The van der Waals surface area contributed by atoms with E-state index in [2.05, 4.69) is 38.4 Å². The van der Waals surface area contributed by atoms with Crippen molar-refractivity contribution in [1.29, 1.82) is 0 Å². The first-order chi connectivity index (χ1) is 29.8. The number of rotatable bonds is 6. The van der Waals surface area contributed by atoms with E-state index < -0.39 is 58.2 Å². The normalized spacial score (nSPS) is 22.5. The Morgan fingerprint density at radius 3 is 2.45 bits per heavy atom. The van der Waals surface area contributed by atoms with E-state index in [-0.39, 0.29) is 41.8 Å². The Morgan fingerprint density at radius 1 is 0.935 bits per heavy atom. The van der Waals surface area contributed by atoms with E-state index >= 15 is 4.39 Å². The zero-order valence-corrected chi connectivity index (χ0v) is 34.9. The summed E-state index contributed by atoms with van der Waals surface area (Å²) in [6.45, 7) is -0.0310. The molecular weight excluding hydrogens is 836 g/mol. The predicted octanol–water partition coefficient (Wildman–Crippen LogP) is 5.83. The lowest BCUT2D eigenvalue weighted by Crippen LogP contribution is -2.60. The number of fused-ring (bicyclic) bond motifs is 4. The number of halogens is 3. The number of hydrogen-bond acceptors (Lipinski definition) is 7. The standard InChI is InChI=1S/C46H40Cl2FN7O6/c1-55-39-25(8-5-12-33(39)56(44(55)62)34-19-20-35(57)53-41(34)59)9-7-23-50-40(58)26-13-16-28(17-14-26)51-42(60)38-36(29-10-6-11-31(48)37(29)49)46(45(54-38)21-3-2-4-22-45)30-18-15-27(47)24-32(30)52-43(46)61/h5-6,8,10-18,24,34,36,38,54H,2-4,19-23H2,1H3,(H,50,58)(H,51,60)(H,52,61)(H,53,57,59)/t34?,36-,38+,46+/m0/s1. The molecule has 3 aliphatic heterocycles. The maximum atomic E-state index is 16.2. The quantitative estimate of drug-likeness (QED) is 0.106. The summed E-state index contributed by atoms with van der Waals surface area (Å²) in [5.74, 6) is 2.08. The highest BCUT2D eigenvalue weighted by Crippen LogP contribution is 2.63. The van der Waals surface area contributed by atoms with Crippen LogP contribution in [0.15, 0.2) is 83.7 Å². The number of aromatic nitrogens is 2. The third-order valence-electron chi connectivity index (χ3n) is 12.9. The summed E-state index contributed by atoms with van der Waals surface area (Å²) in [5, 5.41) is 15.0. The van der Waals surface area contributed by atoms with Crippen LogP contribution in [0, 0.1) is 17.7 Å². The van der Waals surface area contributed by atoms with E-state index in [4.69, 9.17) is 23.2 Å². The van der Waals surface area contributed by atoms with Gasteiger partial charge in [-0.15, -0.1) is 0 Å². The van der Waals surface area contributed by atoms with Crippen LogP contribution in [0.25, 0.3) is 11.0 Å². The molecule has 5 aromatic rings. The number of amides is 5. The van der Waals surface area contributed by atoms with Crippen molar-refractivity contribution in [2.24, 2.45) is 7.05 Å². The summed E-state index contributed by atoms with van der Waals surface area (Å²) in [5.41, 5.74) is 0.825. The van der Waals surface area contributed by atoms with Crippen LogP contribution >= 0.6 is 23.2 Å². The monoisotopic (exact) mass is 875 g/mol. The Hall–Kier alpha value is -6.27. The fraction of sp³-hybridized carbons (Fsp3) is 0.304. The Bertz CT molecular complexity index is 2860. The first-order valence-corrected chi connectivity index (χ1v) is 21.1. The SMILES string of the molecule is Cn1c(=O)n(C2CCC(=O)NC2=O)c2cccc(C#CCNC(=O)c3ccc(NC(=O)[C@@H]4NC5(CCCCC5)[C@@]5(C(=O)Nc6cc(Cl)ccc65)[C@H]4c4cccc(Cl)c4F)cc3)c21. The third-order valence-corrected chi connectivity index (χ3v) is 13.4. The molecule has 1 aromatic heterocycles. The minimum Gasteiger partial charge on any atom is -0.341 e. The lowest BCUT2D eigenvalue weighted by atomic mass is 9.55. The van der Waals surface area contributed by atoms with Crippen LogP contribution in [-0.2, 0) is 31.6 Å². The zero-order valence-electron chi connectivity index (χ0n) is 33.4. The average molecular weight is 877 g/mol. The molecule has 13 nitrogen and oxygen atoms in total. The molecule has 4 heterocycles. The van der Waals surface area contributed by atoms with Gasteiger partial charge in [0.25, 0.3) is 5.91 Å². The van der Waals surface area contributed by atoms with E-state index in [1.165, 1.54) is 15.2 Å². The second-order valence-electron chi connectivity index (χ2n) is 16.2. The molecule has 62 heavy (non-hydrogen) atoms. The van der Waals surface area contributed by atoms with Crippen molar-refractivity contribution < 1.29 is 28.4 Å². The summed E-state index contributed by atoms with van der Waals surface area (Å²) < 4.78 is 19.0. The molecule has 3 fully saturated rings. The number of benzene rings is 4. The fourth-order valence-corrected chi connectivity index (χ4v) is 10.6. The number of hydrogen-bond donors (Lipinski definition) is 5. The van der Waals surface area contributed by atoms with Crippen molar-refractivity contribution in [2.75, 3.05) is 17.2 Å². The van der Waals surface area contributed by atoms with Gasteiger partial charge in [-0.1, -0.05) is 78.6 Å². The lowest BCUT2D eigenvalue weighted by molar-refractivity contribution is -0.135. The number of aryl methyl sites for hydroxylation is 1. The number of para-hydroxylation sites is 1. The van der Waals surface area contributed by atoms with E-state index in [1.54, 1.807) is 79.8 Å². The van der Waals surface area contributed by atoms with Gasteiger partial charge in [-0.05, 0) is 85.0 Å². The highest BCUT2D eigenvalue weighted by Gasteiger charge is 2.72. The Balaban J connectivity index is 0.940. The summed E-state index contributed by atoms with van der Waals surface area (Å²) in [6.07, 6.45) is 4.04. The van der Waals surface area contributed by atoms with Crippen molar-refractivity contribution in [3.8, 4) is 11.8 Å². The maximum absolute atomic E-state index is 16.2. The molecule has 2 saturated heterocycles. The molecule has 316 valence electrons. The summed E-state index contributed by atoms with van der Waals surface area (Å²) in [7, 11) is 1.58. The number of carbonyl (C=O) groups excluding carboxylic acids is 5. The maximum Gasteiger partial charge on any atom is 0.329 e. The first-order valence-electron chi connectivity index (χ1n) is 20.4. The van der Waals surface area contributed by atoms with E-state index in [0.717, 1.165) is 19.3 Å². The van der Waals surface area contributed by atoms with Gasteiger partial charge in [-0.3, -0.25) is 43.7 Å². The molecule has 5 N–H and O–H groups in total. The predicted molar refractivity (Wildman–Crippen MR) is 232 cm³/mol. The smallest absolute Gasteiger partial charge is 0.329 e. The number of imidazole rings is 1. The van der Waals surface area contributed by atoms with Crippen LogP contribution < -0.4 is 32.3 Å². The number of piperidine rings is 1. The van der Waals surface area contributed by atoms with Crippen LogP contribution in [0.4, 0.5) is 15.8 Å². The van der Waals surface area contributed by atoms with Crippen molar-refractivity contribution in [3.05, 3.63) is 127 Å². The molecule has 1 saturated carbocycles. The van der Waals surface area contributed by atoms with E-state index in [0.29, 0.717) is 57.0 Å². The second-order valence-corrected chi connectivity index (χ2v) is 17.1. The highest BCUT2D eigenvalue weighted by molar-refractivity contribution is 6.31. The van der Waals surface area contributed by atoms with Gasteiger partial charge in [-0.25, -0.2) is 9.18 Å². The third kappa shape index (κ3) is 6.58. The molecule has 4 atom stereocenters. The summed E-state index contributed by atoms with van der Waals surface area (Å²) >= 11 is 12.8. The molecule has 0 bridgehead atoms. The van der Waals surface area contributed by atoms with Crippen molar-refractivity contribution >= 4 is 75.1 Å². The van der Waals surface area contributed by atoms with Gasteiger partial charge in [0.2, 0.25) is 23.6 Å². The van der Waals surface area contributed by atoms with E-state index in [1.807, 2.05) is 0 Å². The van der Waals surface area contributed by atoms with Crippen LogP contribution in [0.5, 0.6) is 0 Å². The molecule has 0 radical (unpaired) electrons. The van der Waals surface area contributed by atoms with Crippen LogP contribution in [-0.4, -0.2) is 56.8 Å². The van der Waals surface area contributed by atoms with Gasteiger partial charge in [0.1, 0.15) is 17.3 Å². The molecule has 9 rings (SSSR count). The van der Waals surface area contributed by atoms with Crippen molar-refractivity contribution in [2.45, 2.75) is 73.9 Å². The molecular formula is C46H40Cl2FN7O6. The van der Waals surface area contributed by atoms with Gasteiger partial charge in [0, 0.05) is 46.9 Å².